The van der Waals surface area contributed by atoms with Crippen molar-refractivity contribution in [1.82, 2.24) is 19.5 Å². The summed E-state index contributed by atoms with van der Waals surface area (Å²) in [5, 5.41) is 3.50. The van der Waals surface area contributed by atoms with Crippen molar-refractivity contribution >= 4 is 29.1 Å². The molecule has 0 saturated carbocycles. The summed E-state index contributed by atoms with van der Waals surface area (Å²) >= 11 is 6.05. The number of ether oxygens (including phenoxy) is 1. The number of aromatic nitrogens is 4. The molecule has 0 bridgehead atoms. The highest BCUT2D eigenvalue weighted by atomic mass is 35.5. The van der Waals surface area contributed by atoms with Crippen LogP contribution in [0.5, 0.6) is 0 Å². The van der Waals surface area contributed by atoms with Crippen LogP contribution >= 0.6 is 11.6 Å². The van der Waals surface area contributed by atoms with Gasteiger partial charge in [-0.1, -0.05) is 17.7 Å². The average molecular weight is 439 g/mol. The van der Waals surface area contributed by atoms with Crippen LogP contribution in [0.2, 0.25) is 5.02 Å². The molecule has 2 aliphatic heterocycles. The molecular formula is C22H23ClN6O2. The molecular weight excluding hydrogens is 416 g/mol. The second-order valence-corrected chi connectivity index (χ2v) is 8.49. The van der Waals surface area contributed by atoms with Gasteiger partial charge in [-0.05, 0) is 30.7 Å². The van der Waals surface area contributed by atoms with Crippen LogP contribution in [0.15, 0.2) is 49.1 Å². The van der Waals surface area contributed by atoms with Crippen molar-refractivity contribution in [3.8, 4) is 0 Å². The van der Waals surface area contributed by atoms with Gasteiger partial charge in [0.05, 0.1) is 6.54 Å². The molecule has 2 aliphatic rings. The van der Waals surface area contributed by atoms with E-state index in [4.69, 9.17) is 16.3 Å². The van der Waals surface area contributed by atoms with Crippen molar-refractivity contribution in [1.29, 1.82) is 0 Å². The maximum Gasteiger partial charge on any atom is 0.255 e. The van der Waals surface area contributed by atoms with Crippen molar-refractivity contribution < 1.29 is 9.53 Å². The highest BCUT2D eigenvalue weighted by molar-refractivity contribution is 6.30. The van der Waals surface area contributed by atoms with Crippen LogP contribution in [-0.2, 0) is 21.7 Å². The molecule has 1 fully saturated rings. The Hall–Kier alpha value is -2.97. The molecule has 8 nitrogen and oxygen atoms in total. The molecule has 9 heteroatoms. The predicted octanol–water partition coefficient (Wildman–Crippen LogP) is 3.17. The largest absolute Gasteiger partial charge is 0.352 e. The second kappa shape index (κ2) is 7.94. The van der Waals surface area contributed by atoms with Crippen molar-refractivity contribution in [3.05, 3.63) is 65.5 Å². The van der Waals surface area contributed by atoms with Gasteiger partial charge >= 0.3 is 0 Å². The molecule has 1 aromatic carbocycles. The minimum Gasteiger partial charge on any atom is -0.352 e. The zero-order valence-corrected chi connectivity index (χ0v) is 17.9. The van der Waals surface area contributed by atoms with Crippen LogP contribution in [0, 0.1) is 6.92 Å². The zero-order valence-electron chi connectivity index (χ0n) is 17.2. The Morgan fingerprint density at radius 1 is 1.23 bits per heavy atom. The van der Waals surface area contributed by atoms with Gasteiger partial charge in [0.1, 0.15) is 11.4 Å². The first kappa shape index (κ1) is 20.0. The second-order valence-electron chi connectivity index (χ2n) is 8.05. The summed E-state index contributed by atoms with van der Waals surface area (Å²) in [5.74, 6) is 1.41. The number of carbonyl (C=O) groups is 1. The first-order chi connectivity index (χ1) is 15.0. The van der Waals surface area contributed by atoms with Crippen LogP contribution < -0.4 is 10.2 Å². The molecule has 0 unspecified atom stereocenters. The summed E-state index contributed by atoms with van der Waals surface area (Å²) in [7, 11) is 0. The minimum atomic E-state index is -0.622. The van der Waals surface area contributed by atoms with E-state index >= 15 is 0 Å². The Kier molecular flexibility index (Phi) is 5.11. The maximum absolute atomic E-state index is 13.0. The fraction of sp³-hybridized carbons (Fsp3) is 0.364. The molecule has 3 aromatic rings. The number of hydrogen-bond donors (Lipinski definition) is 1. The number of piperidine rings is 1. The van der Waals surface area contributed by atoms with E-state index in [0.29, 0.717) is 30.1 Å². The minimum absolute atomic E-state index is 0.190. The number of hydrogen-bond acceptors (Lipinski definition) is 6. The van der Waals surface area contributed by atoms with Crippen molar-refractivity contribution in [2.75, 3.05) is 23.3 Å². The van der Waals surface area contributed by atoms with E-state index in [-0.39, 0.29) is 5.91 Å². The van der Waals surface area contributed by atoms with E-state index < -0.39 is 11.7 Å². The Morgan fingerprint density at radius 3 is 2.74 bits per heavy atom. The number of halogens is 1. The van der Waals surface area contributed by atoms with Crippen LogP contribution in [0.3, 0.4) is 0 Å². The van der Waals surface area contributed by atoms with E-state index in [1.165, 1.54) is 0 Å². The van der Waals surface area contributed by atoms with E-state index in [2.05, 4.69) is 25.2 Å². The molecule has 160 valence electrons. The standard InChI is InChI=1S/C22H23ClN6O2/c1-15-12-25-21(26-13-15)28-8-5-22(6-9-28)20-24-7-10-29(20)14-18(31-22)19(30)27-17-4-2-3-16(23)11-17/h2-4,7,10-13,18H,5-6,8-9,14H2,1H3,(H,27,30)/t18-/m1/s1. The zero-order chi connectivity index (χ0) is 21.4. The van der Waals surface area contributed by atoms with Gasteiger partial charge in [-0.2, -0.15) is 0 Å². The van der Waals surface area contributed by atoms with Gasteiger partial charge in [0.2, 0.25) is 5.95 Å². The number of anilines is 2. The van der Waals surface area contributed by atoms with E-state index in [1.807, 2.05) is 36.1 Å². The van der Waals surface area contributed by atoms with Crippen LogP contribution in [0.25, 0.3) is 0 Å². The van der Waals surface area contributed by atoms with Crippen LogP contribution in [0.4, 0.5) is 11.6 Å². The van der Waals surface area contributed by atoms with Crippen molar-refractivity contribution in [3.63, 3.8) is 0 Å². The first-order valence-corrected chi connectivity index (χ1v) is 10.7. The van der Waals surface area contributed by atoms with E-state index in [9.17, 15) is 4.79 Å². The molecule has 2 aromatic heterocycles. The molecule has 1 saturated heterocycles. The van der Waals surface area contributed by atoms with Gasteiger partial charge in [0.25, 0.3) is 5.91 Å². The number of imidazole rings is 1. The molecule has 4 heterocycles. The Balaban J connectivity index is 1.34. The third kappa shape index (κ3) is 3.88. The average Bonchev–Trinajstić information content (AvgIpc) is 3.25. The predicted molar refractivity (Wildman–Crippen MR) is 117 cm³/mol. The molecule has 1 amide bonds. The fourth-order valence-electron chi connectivity index (χ4n) is 4.28. The molecule has 1 atom stereocenters. The fourth-order valence-corrected chi connectivity index (χ4v) is 4.47. The van der Waals surface area contributed by atoms with Crippen molar-refractivity contribution in [2.45, 2.75) is 38.0 Å². The Bertz CT molecular complexity index is 1090. The summed E-state index contributed by atoms with van der Waals surface area (Å²) in [5.41, 5.74) is 1.07. The van der Waals surface area contributed by atoms with E-state index in [0.717, 1.165) is 30.4 Å². The normalized spacial score (nSPS) is 19.8. The van der Waals surface area contributed by atoms with Gasteiger partial charge in [-0.3, -0.25) is 4.79 Å². The quantitative estimate of drug-likeness (QED) is 0.676. The Morgan fingerprint density at radius 2 is 2.00 bits per heavy atom. The highest BCUT2D eigenvalue weighted by Crippen LogP contribution is 2.40. The van der Waals surface area contributed by atoms with Gasteiger partial charge in [-0.25, -0.2) is 15.0 Å². The Labute approximate surface area is 185 Å². The third-order valence-electron chi connectivity index (χ3n) is 5.86. The third-order valence-corrected chi connectivity index (χ3v) is 6.09. The number of carbonyl (C=O) groups excluding carboxylic acids is 1. The summed E-state index contributed by atoms with van der Waals surface area (Å²) in [6, 6.07) is 7.11. The summed E-state index contributed by atoms with van der Waals surface area (Å²) < 4.78 is 8.50. The highest BCUT2D eigenvalue weighted by Gasteiger charge is 2.47. The number of nitrogens with one attached hydrogen (secondary N) is 1. The van der Waals surface area contributed by atoms with Gasteiger partial charge in [0, 0.05) is 61.4 Å². The number of nitrogens with zero attached hydrogens (tertiary/aromatic N) is 5. The molecule has 0 aliphatic carbocycles. The monoisotopic (exact) mass is 438 g/mol. The molecule has 0 radical (unpaired) electrons. The number of benzene rings is 1. The SMILES string of the molecule is Cc1cnc(N2CCC3(CC2)O[C@@H](C(=O)Nc2cccc(Cl)c2)Cn2ccnc23)nc1. The summed E-state index contributed by atoms with van der Waals surface area (Å²) in [6.07, 6.45) is 8.11. The number of rotatable bonds is 3. The first-order valence-electron chi connectivity index (χ1n) is 10.3. The summed E-state index contributed by atoms with van der Waals surface area (Å²) in [6.45, 7) is 3.84. The van der Waals surface area contributed by atoms with Gasteiger partial charge in [0.15, 0.2) is 6.10 Å². The lowest BCUT2D eigenvalue weighted by Gasteiger charge is -2.45. The van der Waals surface area contributed by atoms with Gasteiger partial charge < -0.3 is 19.5 Å². The van der Waals surface area contributed by atoms with E-state index in [1.54, 1.807) is 24.4 Å². The summed E-state index contributed by atoms with van der Waals surface area (Å²) in [4.78, 5) is 28.6. The smallest absolute Gasteiger partial charge is 0.255 e. The van der Waals surface area contributed by atoms with Crippen molar-refractivity contribution in [2.24, 2.45) is 0 Å². The lowest BCUT2D eigenvalue weighted by molar-refractivity contribution is -0.162. The maximum atomic E-state index is 13.0. The lowest BCUT2D eigenvalue weighted by atomic mass is 9.88. The number of fused-ring (bicyclic) bond motifs is 2. The topological polar surface area (TPSA) is 85.2 Å². The molecule has 31 heavy (non-hydrogen) atoms. The van der Waals surface area contributed by atoms with Gasteiger partial charge in [-0.15, -0.1) is 0 Å². The number of amides is 1. The van der Waals surface area contributed by atoms with Crippen LogP contribution in [-0.4, -0.2) is 44.6 Å². The number of aryl methyl sites for hydroxylation is 1. The molecule has 1 N–H and O–H groups in total. The van der Waals surface area contributed by atoms with Crippen LogP contribution in [0.1, 0.15) is 24.2 Å². The molecule has 1 spiro atoms. The lowest BCUT2D eigenvalue weighted by Crippen LogP contribution is -2.53. The molecule has 5 rings (SSSR count).